The van der Waals surface area contributed by atoms with Crippen LogP contribution in [0.5, 0.6) is 5.75 Å². The second-order valence-corrected chi connectivity index (χ2v) is 7.94. The van der Waals surface area contributed by atoms with Gasteiger partial charge in [-0.2, -0.15) is 0 Å². The Labute approximate surface area is 167 Å². The van der Waals surface area contributed by atoms with Gasteiger partial charge in [-0.15, -0.1) is 0 Å². The zero-order valence-corrected chi connectivity index (χ0v) is 16.1. The number of hydrogen-bond acceptors (Lipinski definition) is 6. The Hall–Kier alpha value is -3.72. The minimum absolute atomic E-state index is 0.131. The second kappa shape index (κ2) is 8.11. The summed E-state index contributed by atoms with van der Waals surface area (Å²) in [7, 11) is -2.28. The van der Waals surface area contributed by atoms with E-state index in [0.717, 1.165) is 4.31 Å². The van der Waals surface area contributed by atoms with Crippen molar-refractivity contribution in [2.24, 2.45) is 0 Å². The average molecular weight is 412 g/mol. The molecule has 0 N–H and O–H groups in total. The Balaban J connectivity index is 1.73. The molecule has 0 aliphatic heterocycles. The van der Waals surface area contributed by atoms with Gasteiger partial charge in [0.2, 0.25) is 0 Å². The van der Waals surface area contributed by atoms with Crippen molar-refractivity contribution in [3.05, 3.63) is 94.5 Å². The van der Waals surface area contributed by atoms with E-state index < -0.39 is 20.9 Å². The van der Waals surface area contributed by atoms with E-state index in [1.807, 2.05) is 0 Å². The van der Waals surface area contributed by atoms with Gasteiger partial charge < -0.3 is 4.74 Å². The largest absolute Gasteiger partial charge is 0.423 e. The van der Waals surface area contributed by atoms with Crippen LogP contribution in [0.1, 0.15) is 10.4 Å². The molecule has 0 aromatic heterocycles. The normalized spacial score (nSPS) is 10.9. The fraction of sp³-hybridized carbons (Fsp3) is 0.0500. The van der Waals surface area contributed by atoms with E-state index in [1.54, 1.807) is 18.2 Å². The van der Waals surface area contributed by atoms with E-state index >= 15 is 0 Å². The predicted molar refractivity (Wildman–Crippen MR) is 107 cm³/mol. The number of ether oxygens (including phenoxy) is 1. The van der Waals surface area contributed by atoms with Crippen molar-refractivity contribution < 1.29 is 22.9 Å². The van der Waals surface area contributed by atoms with E-state index in [2.05, 4.69) is 0 Å². The van der Waals surface area contributed by atoms with Crippen LogP contribution in [-0.4, -0.2) is 26.4 Å². The molecule has 0 saturated carbocycles. The molecule has 29 heavy (non-hydrogen) atoms. The summed E-state index contributed by atoms with van der Waals surface area (Å²) in [6.45, 7) is 0. The lowest BCUT2D eigenvalue weighted by atomic mass is 10.2. The third-order valence-electron chi connectivity index (χ3n) is 4.13. The van der Waals surface area contributed by atoms with Gasteiger partial charge in [0.25, 0.3) is 15.7 Å². The van der Waals surface area contributed by atoms with Crippen molar-refractivity contribution >= 4 is 27.4 Å². The van der Waals surface area contributed by atoms with Crippen LogP contribution in [-0.2, 0) is 10.0 Å². The summed E-state index contributed by atoms with van der Waals surface area (Å²) in [6.07, 6.45) is 0. The standard InChI is InChI=1S/C20H16N2O6S/c1-21(29(26,27)19-5-3-2-4-6-19)16-11-13-18(14-12-16)28-20(23)15-7-9-17(10-8-15)22(24)25/h2-14H,1H3. The van der Waals surface area contributed by atoms with Crippen LogP contribution < -0.4 is 9.04 Å². The van der Waals surface area contributed by atoms with Gasteiger partial charge in [-0.25, -0.2) is 13.2 Å². The molecule has 148 valence electrons. The monoisotopic (exact) mass is 412 g/mol. The van der Waals surface area contributed by atoms with Crippen LogP contribution in [0.2, 0.25) is 0 Å². The zero-order chi connectivity index (χ0) is 21.0. The number of carbonyl (C=O) groups is 1. The summed E-state index contributed by atoms with van der Waals surface area (Å²) >= 11 is 0. The Morgan fingerprint density at radius 2 is 1.52 bits per heavy atom. The topological polar surface area (TPSA) is 107 Å². The number of carbonyl (C=O) groups excluding carboxylic acids is 1. The molecule has 0 unspecified atom stereocenters. The van der Waals surface area contributed by atoms with Crippen LogP contribution in [0.25, 0.3) is 0 Å². The molecule has 0 heterocycles. The second-order valence-electron chi connectivity index (χ2n) is 5.97. The third-order valence-corrected chi connectivity index (χ3v) is 5.93. The molecule has 0 saturated heterocycles. The van der Waals surface area contributed by atoms with Gasteiger partial charge in [0, 0.05) is 19.2 Å². The molecule has 0 aliphatic rings. The number of benzene rings is 3. The van der Waals surface area contributed by atoms with Crippen LogP contribution in [0.4, 0.5) is 11.4 Å². The first-order chi connectivity index (χ1) is 13.8. The van der Waals surface area contributed by atoms with Crippen molar-refractivity contribution in [3.8, 4) is 5.75 Å². The smallest absolute Gasteiger partial charge is 0.343 e. The first-order valence-electron chi connectivity index (χ1n) is 8.40. The van der Waals surface area contributed by atoms with Crippen LogP contribution in [0.3, 0.4) is 0 Å². The molecule has 0 fully saturated rings. The highest BCUT2D eigenvalue weighted by Crippen LogP contribution is 2.25. The number of hydrogen-bond donors (Lipinski definition) is 0. The Morgan fingerprint density at radius 1 is 0.931 bits per heavy atom. The van der Waals surface area contributed by atoms with Crippen molar-refractivity contribution in [1.29, 1.82) is 0 Å². The molecule has 3 aromatic rings. The van der Waals surface area contributed by atoms with Crippen molar-refractivity contribution in [2.45, 2.75) is 4.90 Å². The van der Waals surface area contributed by atoms with Gasteiger partial charge in [-0.3, -0.25) is 14.4 Å². The number of nitrogens with zero attached hydrogens (tertiary/aromatic N) is 2. The van der Waals surface area contributed by atoms with Crippen LogP contribution >= 0.6 is 0 Å². The number of sulfonamides is 1. The lowest BCUT2D eigenvalue weighted by Crippen LogP contribution is -2.26. The Bertz CT molecular complexity index is 1130. The predicted octanol–water partition coefficient (Wildman–Crippen LogP) is 3.64. The van der Waals surface area contributed by atoms with E-state index in [1.165, 1.54) is 67.7 Å². The molecular formula is C20H16N2O6S. The highest BCUT2D eigenvalue weighted by Gasteiger charge is 2.21. The fourth-order valence-corrected chi connectivity index (χ4v) is 3.72. The lowest BCUT2D eigenvalue weighted by Gasteiger charge is -2.19. The Kier molecular flexibility index (Phi) is 5.60. The van der Waals surface area contributed by atoms with Crippen molar-refractivity contribution in [3.63, 3.8) is 0 Å². The summed E-state index contributed by atoms with van der Waals surface area (Å²) in [4.78, 5) is 22.4. The van der Waals surface area contributed by atoms with E-state index in [9.17, 15) is 23.3 Å². The maximum Gasteiger partial charge on any atom is 0.343 e. The first kappa shape index (κ1) is 20.0. The minimum Gasteiger partial charge on any atom is -0.423 e. The molecule has 3 aromatic carbocycles. The fourth-order valence-electron chi connectivity index (χ4n) is 2.50. The number of anilines is 1. The third kappa shape index (κ3) is 4.41. The van der Waals surface area contributed by atoms with E-state index in [-0.39, 0.29) is 21.9 Å². The van der Waals surface area contributed by atoms with Gasteiger partial charge in [0.05, 0.1) is 21.1 Å². The molecule has 0 amide bonds. The van der Waals surface area contributed by atoms with Crippen molar-refractivity contribution in [1.82, 2.24) is 0 Å². The van der Waals surface area contributed by atoms with Gasteiger partial charge in [0.1, 0.15) is 5.75 Å². The van der Waals surface area contributed by atoms with Gasteiger partial charge in [0.15, 0.2) is 0 Å². The highest BCUT2D eigenvalue weighted by molar-refractivity contribution is 7.92. The molecule has 0 atom stereocenters. The van der Waals surface area contributed by atoms with Gasteiger partial charge in [-0.05, 0) is 48.5 Å². The number of nitro benzene ring substituents is 1. The molecule has 0 radical (unpaired) electrons. The molecule has 0 aliphatic carbocycles. The zero-order valence-electron chi connectivity index (χ0n) is 15.3. The molecule has 8 nitrogen and oxygen atoms in total. The number of esters is 1. The quantitative estimate of drug-likeness (QED) is 0.265. The van der Waals surface area contributed by atoms with Crippen LogP contribution in [0.15, 0.2) is 83.8 Å². The van der Waals surface area contributed by atoms with Gasteiger partial charge in [-0.1, -0.05) is 18.2 Å². The first-order valence-corrected chi connectivity index (χ1v) is 9.84. The molecule has 3 rings (SSSR count). The van der Waals surface area contributed by atoms with Gasteiger partial charge >= 0.3 is 5.97 Å². The SMILES string of the molecule is CN(c1ccc(OC(=O)c2ccc([N+](=O)[O-])cc2)cc1)S(=O)(=O)c1ccccc1. The summed E-state index contributed by atoms with van der Waals surface area (Å²) in [5.41, 5.74) is 0.418. The summed E-state index contributed by atoms with van der Waals surface area (Å²) in [5, 5.41) is 10.7. The number of rotatable bonds is 6. The minimum atomic E-state index is -3.71. The maximum absolute atomic E-state index is 12.6. The maximum atomic E-state index is 12.6. The summed E-state index contributed by atoms with van der Waals surface area (Å²) < 4.78 is 31.7. The van der Waals surface area contributed by atoms with Crippen molar-refractivity contribution in [2.75, 3.05) is 11.4 Å². The summed E-state index contributed by atoms with van der Waals surface area (Å²) in [6, 6.07) is 19.0. The highest BCUT2D eigenvalue weighted by atomic mass is 32.2. The van der Waals surface area contributed by atoms with E-state index in [0.29, 0.717) is 5.69 Å². The molecular weight excluding hydrogens is 396 g/mol. The molecule has 0 spiro atoms. The average Bonchev–Trinajstić information content (AvgIpc) is 2.74. The van der Waals surface area contributed by atoms with Crippen LogP contribution in [0, 0.1) is 10.1 Å². The summed E-state index contributed by atoms with van der Waals surface area (Å²) in [5.74, 6) is -0.472. The lowest BCUT2D eigenvalue weighted by molar-refractivity contribution is -0.384. The number of nitro groups is 1. The molecule has 0 bridgehead atoms. The van der Waals surface area contributed by atoms with E-state index in [4.69, 9.17) is 4.74 Å². The molecule has 9 heteroatoms. The number of non-ortho nitro benzene ring substituents is 1. The Morgan fingerprint density at radius 3 is 2.07 bits per heavy atom.